The Hall–Kier alpha value is -3.89. The average Bonchev–Trinajstić information content (AvgIpc) is 3.40. The number of aliphatic hydroxyl groups excluding tert-OH is 1. The fourth-order valence-electron chi connectivity index (χ4n) is 4.79. The highest BCUT2D eigenvalue weighted by Crippen LogP contribution is 2.44. The van der Waals surface area contributed by atoms with Gasteiger partial charge in [-0.3, -0.25) is 4.79 Å². The van der Waals surface area contributed by atoms with E-state index in [4.69, 9.17) is 29.8 Å². The van der Waals surface area contributed by atoms with Gasteiger partial charge in [-0.1, -0.05) is 57.4 Å². The summed E-state index contributed by atoms with van der Waals surface area (Å²) >= 11 is 3.49. The van der Waals surface area contributed by atoms with Gasteiger partial charge >= 0.3 is 0 Å². The number of hydrogen-bond acceptors (Lipinski definition) is 7. The predicted molar refractivity (Wildman–Crippen MR) is 163 cm³/mol. The second-order valence-corrected chi connectivity index (χ2v) is 10.7. The van der Waals surface area contributed by atoms with Crippen molar-refractivity contribution in [2.75, 3.05) is 33.5 Å². The molecule has 0 saturated heterocycles. The van der Waals surface area contributed by atoms with Crippen molar-refractivity contribution in [2.24, 2.45) is 10.1 Å². The Morgan fingerprint density at radius 3 is 2.60 bits per heavy atom. The highest BCUT2D eigenvalue weighted by Gasteiger charge is 2.53. The lowest BCUT2D eigenvalue weighted by Crippen LogP contribution is -2.50. The summed E-state index contributed by atoms with van der Waals surface area (Å²) in [5.74, 6) is 0.702. The van der Waals surface area contributed by atoms with Crippen LogP contribution in [0.2, 0.25) is 0 Å². The summed E-state index contributed by atoms with van der Waals surface area (Å²) in [5.41, 5.74) is 10.7. The van der Waals surface area contributed by atoms with Crippen LogP contribution in [0, 0.1) is 0 Å². The van der Waals surface area contributed by atoms with E-state index in [9.17, 15) is 4.79 Å². The van der Waals surface area contributed by atoms with Crippen molar-refractivity contribution in [3.8, 4) is 5.75 Å². The fourth-order valence-corrected chi connectivity index (χ4v) is 5.05. The van der Waals surface area contributed by atoms with Gasteiger partial charge in [0.05, 0.1) is 13.2 Å². The molecule has 0 aliphatic carbocycles. The first kappa shape index (κ1) is 31.1. The zero-order valence-corrected chi connectivity index (χ0v) is 25.0. The van der Waals surface area contributed by atoms with Crippen LogP contribution in [0.5, 0.6) is 5.75 Å². The van der Waals surface area contributed by atoms with Gasteiger partial charge in [-0.25, -0.2) is 4.99 Å². The molecular weight excluding hydrogens is 602 g/mol. The fraction of sp³-hybridized carbons (Fsp3) is 0.355. The molecule has 220 valence electrons. The first-order valence-corrected chi connectivity index (χ1v) is 14.5. The minimum absolute atomic E-state index is 0.0548. The van der Waals surface area contributed by atoms with Crippen LogP contribution in [0.15, 0.2) is 87.4 Å². The van der Waals surface area contributed by atoms with Gasteiger partial charge in [0.25, 0.3) is 5.91 Å². The molecule has 0 unspecified atom stereocenters. The number of amides is 1. The number of azide groups is 1. The van der Waals surface area contributed by atoms with Crippen molar-refractivity contribution in [3.63, 3.8) is 0 Å². The summed E-state index contributed by atoms with van der Waals surface area (Å²) in [6, 6.07) is 22.5. The van der Waals surface area contributed by atoms with Gasteiger partial charge in [-0.15, -0.1) is 0 Å². The number of nitrogens with one attached hydrogen (secondary N) is 1. The lowest BCUT2D eigenvalue weighted by atomic mass is 9.80. The highest BCUT2D eigenvalue weighted by atomic mass is 79.9. The Balaban J connectivity index is 1.80. The molecule has 0 radical (unpaired) electrons. The lowest BCUT2D eigenvalue weighted by molar-refractivity contribution is -0.129. The van der Waals surface area contributed by atoms with E-state index >= 15 is 0 Å². The minimum atomic E-state index is -1.36. The zero-order chi connectivity index (χ0) is 29.8. The molecule has 0 saturated carbocycles. The molecule has 4 rings (SSSR count). The van der Waals surface area contributed by atoms with E-state index in [1.54, 1.807) is 7.11 Å². The van der Waals surface area contributed by atoms with Crippen molar-refractivity contribution in [1.82, 2.24) is 5.32 Å². The molecule has 2 atom stereocenters. The van der Waals surface area contributed by atoms with Gasteiger partial charge in [-0.05, 0) is 65.0 Å². The van der Waals surface area contributed by atoms with Crippen LogP contribution >= 0.6 is 15.9 Å². The second kappa shape index (κ2) is 15.4. The number of benzene rings is 3. The molecule has 0 fully saturated rings. The van der Waals surface area contributed by atoms with Gasteiger partial charge in [0.2, 0.25) is 5.90 Å². The van der Waals surface area contributed by atoms with E-state index in [0.717, 1.165) is 21.2 Å². The van der Waals surface area contributed by atoms with E-state index in [1.807, 2.05) is 72.8 Å². The third-order valence-electron chi connectivity index (χ3n) is 6.87. The zero-order valence-electron chi connectivity index (χ0n) is 23.4. The van der Waals surface area contributed by atoms with Crippen molar-refractivity contribution in [3.05, 3.63) is 110 Å². The summed E-state index contributed by atoms with van der Waals surface area (Å²) in [6.07, 6.45) is 0.642. The van der Waals surface area contributed by atoms with Gasteiger partial charge < -0.3 is 24.6 Å². The Morgan fingerprint density at radius 1 is 1.12 bits per heavy atom. The summed E-state index contributed by atoms with van der Waals surface area (Å²) in [7, 11) is 1.62. The van der Waals surface area contributed by atoms with E-state index in [2.05, 4.69) is 31.3 Å². The van der Waals surface area contributed by atoms with E-state index in [0.29, 0.717) is 49.8 Å². The first-order chi connectivity index (χ1) is 20.5. The van der Waals surface area contributed by atoms with Crippen LogP contribution in [0.4, 0.5) is 0 Å². The Kier molecular flexibility index (Phi) is 11.4. The smallest absolute Gasteiger partial charge is 0.252 e. The van der Waals surface area contributed by atoms with Crippen LogP contribution in [-0.4, -0.2) is 55.9 Å². The Morgan fingerprint density at radius 2 is 1.88 bits per heavy atom. The summed E-state index contributed by atoms with van der Waals surface area (Å²) in [6.45, 7) is 1.48. The Labute approximate surface area is 253 Å². The van der Waals surface area contributed by atoms with Crippen LogP contribution in [-0.2, 0) is 27.2 Å². The molecule has 10 nitrogen and oxygen atoms in total. The van der Waals surface area contributed by atoms with Crippen molar-refractivity contribution in [2.45, 2.75) is 37.5 Å². The van der Waals surface area contributed by atoms with E-state index < -0.39 is 11.6 Å². The largest absolute Gasteiger partial charge is 0.494 e. The predicted octanol–water partition coefficient (Wildman–Crippen LogP) is 5.67. The third kappa shape index (κ3) is 7.68. The maximum absolute atomic E-state index is 14.2. The number of hydrogen-bond donors (Lipinski definition) is 2. The topological polar surface area (TPSA) is 138 Å². The number of aliphatic imine (C=N–C) groups is 1. The molecule has 0 spiro atoms. The number of carbonyl (C=O) groups excluding carboxylic acids is 1. The van der Waals surface area contributed by atoms with Crippen molar-refractivity contribution >= 4 is 27.7 Å². The van der Waals surface area contributed by atoms with Gasteiger partial charge in [0.15, 0.2) is 11.6 Å². The molecule has 2 N–H and O–H groups in total. The van der Waals surface area contributed by atoms with Crippen LogP contribution in [0.1, 0.15) is 41.2 Å². The molecule has 1 amide bonds. The van der Waals surface area contributed by atoms with Gasteiger partial charge in [0.1, 0.15) is 5.75 Å². The van der Waals surface area contributed by atoms with Crippen molar-refractivity contribution < 1.29 is 24.1 Å². The SMILES string of the molecule is COCCCNC(=O)[C@]1(Cc2ccc(Br)cc2)N=C(c2ccc(OCCCO)cc2)O[C@@H]1c1ccccc1CN=[N+]=[N-]. The van der Waals surface area contributed by atoms with Crippen LogP contribution in [0.25, 0.3) is 10.4 Å². The lowest BCUT2D eigenvalue weighted by Gasteiger charge is -2.32. The molecule has 1 aliphatic heterocycles. The summed E-state index contributed by atoms with van der Waals surface area (Å²) < 4.78 is 18.4. The number of carbonyl (C=O) groups is 1. The van der Waals surface area contributed by atoms with Crippen molar-refractivity contribution in [1.29, 1.82) is 0 Å². The summed E-state index contributed by atoms with van der Waals surface area (Å²) in [5, 5.41) is 15.9. The molecule has 3 aromatic rings. The molecule has 42 heavy (non-hydrogen) atoms. The summed E-state index contributed by atoms with van der Waals surface area (Å²) in [4.78, 5) is 22.2. The van der Waals surface area contributed by atoms with Gasteiger partial charge in [-0.2, -0.15) is 0 Å². The quantitative estimate of drug-likeness (QED) is 0.0958. The maximum Gasteiger partial charge on any atom is 0.252 e. The third-order valence-corrected chi connectivity index (χ3v) is 7.40. The molecule has 1 heterocycles. The highest BCUT2D eigenvalue weighted by molar-refractivity contribution is 9.10. The van der Waals surface area contributed by atoms with Gasteiger partial charge in [0, 0.05) is 54.7 Å². The molecule has 1 aliphatic rings. The minimum Gasteiger partial charge on any atom is -0.494 e. The molecule has 3 aromatic carbocycles. The monoisotopic (exact) mass is 635 g/mol. The number of aliphatic hydroxyl groups is 1. The number of rotatable bonds is 15. The van der Waals surface area contributed by atoms with Crippen LogP contribution < -0.4 is 10.1 Å². The second-order valence-electron chi connectivity index (χ2n) is 9.78. The van der Waals surface area contributed by atoms with E-state index in [1.165, 1.54) is 0 Å². The Bertz CT molecular complexity index is 1410. The molecule has 0 bridgehead atoms. The number of halogens is 1. The molecular formula is C31H34BrN5O5. The number of methoxy groups -OCH3 is 1. The molecule has 11 heteroatoms. The van der Waals surface area contributed by atoms with Crippen LogP contribution in [0.3, 0.4) is 0 Å². The first-order valence-electron chi connectivity index (χ1n) is 13.7. The average molecular weight is 637 g/mol. The standard InChI is InChI=1S/C31H34BrN5O5/c1-40-18-4-16-34-30(39)31(20-22-8-12-25(32)13-9-22)28(27-7-3-2-6-24(27)21-35-37-33)42-29(36-31)23-10-14-26(15-11-23)41-19-5-17-38/h2-3,6-15,28,38H,4-5,16-21H2,1H3,(H,34,39)/t28-,31-/m1/s1. The number of ether oxygens (including phenoxy) is 3. The normalized spacial score (nSPS) is 17.6. The maximum atomic E-state index is 14.2. The molecule has 0 aromatic heterocycles. The van der Waals surface area contributed by atoms with E-state index in [-0.39, 0.29) is 25.5 Å². The number of nitrogens with zero attached hydrogens (tertiary/aromatic N) is 4.